The smallest absolute Gasteiger partial charge is 0.310 e. The van der Waals surface area contributed by atoms with Crippen LogP contribution in [0.15, 0.2) is 0 Å². The monoisotopic (exact) mass is 200 g/mol. The quantitative estimate of drug-likeness (QED) is 0.696. The van der Waals surface area contributed by atoms with E-state index in [0.29, 0.717) is 19.4 Å². The first kappa shape index (κ1) is 11.2. The fourth-order valence-electron chi connectivity index (χ4n) is 1.80. The molecule has 1 atom stereocenters. The van der Waals surface area contributed by atoms with E-state index in [1.54, 1.807) is 0 Å². The average Bonchev–Trinajstić information content (AvgIpc) is 2.01. The number of carboxylic acid groups (broad SMARTS) is 1. The number of Topliss-reactive ketones (excluding diaryl/α,β-unsaturated/α-hetero) is 1. The van der Waals surface area contributed by atoms with Crippen molar-refractivity contribution in [2.24, 2.45) is 5.92 Å². The molecule has 80 valence electrons. The molecular weight excluding hydrogens is 184 g/mol. The summed E-state index contributed by atoms with van der Waals surface area (Å²) in [5.74, 6) is -1.36. The molecule has 1 aliphatic heterocycles. The second-order valence-corrected chi connectivity index (χ2v) is 4.33. The number of carbonyl (C=O) groups excluding carboxylic acids is 1. The van der Waals surface area contributed by atoms with Gasteiger partial charge in [0.1, 0.15) is 12.2 Å². The molecule has 1 heterocycles. The van der Waals surface area contributed by atoms with Gasteiger partial charge in [-0.05, 0) is 26.7 Å². The van der Waals surface area contributed by atoms with Gasteiger partial charge in [-0.25, -0.2) is 0 Å². The lowest BCUT2D eigenvalue weighted by Gasteiger charge is -2.34. The van der Waals surface area contributed by atoms with Crippen LogP contribution in [0.2, 0.25) is 0 Å². The Bertz CT molecular complexity index is 245. The molecule has 1 unspecified atom stereocenters. The molecule has 0 saturated carbocycles. The zero-order valence-corrected chi connectivity index (χ0v) is 8.58. The standard InChI is InChI=1S/C10H16O4/c1-10(2)6-7(3-4-14-10)8(11)5-9(12)13/h7H,3-6H2,1-2H3,(H,12,13). The first-order chi connectivity index (χ1) is 6.41. The van der Waals surface area contributed by atoms with E-state index in [1.807, 2.05) is 13.8 Å². The maximum Gasteiger partial charge on any atom is 0.310 e. The van der Waals surface area contributed by atoms with Gasteiger partial charge in [-0.1, -0.05) is 0 Å². The minimum absolute atomic E-state index is 0.144. The highest BCUT2D eigenvalue weighted by Gasteiger charge is 2.33. The summed E-state index contributed by atoms with van der Waals surface area (Å²) >= 11 is 0. The molecule has 1 fully saturated rings. The minimum atomic E-state index is -1.04. The number of hydrogen-bond donors (Lipinski definition) is 1. The largest absolute Gasteiger partial charge is 0.481 e. The summed E-state index contributed by atoms with van der Waals surface area (Å²) in [5, 5.41) is 8.49. The third kappa shape index (κ3) is 3.10. The molecule has 0 spiro atoms. The van der Waals surface area contributed by atoms with Crippen LogP contribution in [0.3, 0.4) is 0 Å². The first-order valence-corrected chi connectivity index (χ1v) is 4.79. The third-order valence-electron chi connectivity index (χ3n) is 2.48. The predicted molar refractivity (Wildman–Crippen MR) is 50.0 cm³/mol. The fourth-order valence-corrected chi connectivity index (χ4v) is 1.80. The highest BCUT2D eigenvalue weighted by molar-refractivity contribution is 5.96. The van der Waals surface area contributed by atoms with Gasteiger partial charge in [0, 0.05) is 12.5 Å². The number of ether oxygens (including phenoxy) is 1. The van der Waals surface area contributed by atoms with Crippen LogP contribution in [0.25, 0.3) is 0 Å². The van der Waals surface area contributed by atoms with Gasteiger partial charge in [0.15, 0.2) is 0 Å². The molecule has 0 aromatic rings. The van der Waals surface area contributed by atoms with Crippen LogP contribution < -0.4 is 0 Å². The maximum absolute atomic E-state index is 11.5. The Labute approximate surface area is 83.2 Å². The average molecular weight is 200 g/mol. The zero-order chi connectivity index (χ0) is 10.8. The number of aliphatic carboxylic acids is 1. The van der Waals surface area contributed by atoms with E-state index in [4.69, 9.17) is 9.84 Å². The van der Waals surface area contributed by atoms with Crippen LogP contribution in [0, 0.1) is 5.92 Å². The van der Waals surface area contributed by atoms with E-state index < -0.39 is 5.97 Å². The van der Waals surface area contributed by atoms with Crippen molar-refractivity contribution in [1.29, 1.82) is 0 Å². The second-order valence-electron chi connectivity index (χ2n) is 4.33. The highest BCUT2D eigenvalue weighted by Crippen LogP contribution is 2.29. The minimum Gasteiger partial charge on any atom is -0.481 e. The lowest BCUT2D eigenvalue weighted by molar-refractivity contribution is -0.144. The van der Waals surface area contributed by atoms with Gasteiger partial charge in [0.2, 0.25) is 0 Å². The molecule has 1 saturated heterocycles. The van der Waals surface area contributed by atoms with Crippen LogP contribution in [0.4, 0.5) is 0 Å². The van der Waals surface area contributed by atoms with Gasteiger partial charge in [-0.3, -0.25) is 9.59 Å². The molecule has 4 nitrogen and oxygen atoms in total. The van der Waals surface area contributed by atoms with Crippen molar-refractivity contribution < 1.29 is 19.4 Å². The zero-order valence-electron chi connectivity index (χ0n) is 8.58. The van der Waals surface area contributed by atoms with Gasteiger partial charge in [0.25, 0.3) is 0 Å². The van der Waals surface area contributed by atoms with Crippen LogP contribution in [0.1, 0.15) is 33.1 Å². The van der Waals surface area contributed by atoms with E-state index in [0.717, 1.165) is 0 Å². The second kappa shape index (κ2) is 4.09. The van der Waals surface area contributed by atoms with Gasteiger partial charge < -0.3 is 9.84 Å². The molecule has 0 amide bonds. The molecule has 4 heteroatoms. The normalized spacial score (nSPS) is 25.7. The number of carbonyl (C=O) groups is 2. The SMILES string of the molecule is CC1(C)CC(C(=O)CC(=O)O)CCO1. The van der Waals surface area contributed by atoms with E-state index in [1.165, 1.54) is 0 Å². The van der Waals surface area contributed by atoms with Crippen molar-refractivity contribution in [2.75, 3.05) is 6.61 Å². The Morgan fingerprint density at radius 2 is 2.14 bits per heavy atom. The summed E-state index contributed by atoms with van der Waals surface area (Å²) in [7, 11) is 0. The Balaban J connectivity index is 2.52. The Kier molecular flexibility index (Phi) is 3.26. The van der Waals surface area contributed by atoms with Crippen LogP contribution in [-0.2, 0) is 14.3 Å². The van der Waals surface area contributed by atoms with E-state index in [-0.39, 0.29) is 23.7 Å². The number of hydrogen-bond acceptors (Lipinski definition) is 3. The van der Waals surface area contributed by atoms with Crippen molar-refractivity contribution in [3.8, 4) is 0 Å². The predicted octanol–water partition coefficient (Wildman–Crippen LogP) is 1.24. The maximum atomic E-state index is 11.5. The van der Waals surface area contributed by atoms with Crippen molar-refractivity contribution >= 4 is 11.8 Å². The van der Waals surface area contributed by atoms with E-state index in [9.17, 15) is 9.59 Å². The lowest BCUT2D eigenvalue weighted by Crippen LogP contribution is -2.37. The van der Waals surface area contributed by atoms with E-state index >= 15 is 0 Å². The van der Waals surface area contributed by atoms with Crippen LogP contribution in [0.5, 0.6) is 0 Å². The molecule has 0 aromatic heterocycles. The Hall–Kier alpha value is -0.900. The van der Waals surface area contributed by atoms with Crippen molar-refractivity contribution in [2.45, 2.75) is 38.7 Å². The van der Waals surface area contributed by atoms with Gasteiger partial charge in [-0.15, -0.1) is 0 Å². The number of carboxylic acids is 1. The summed E-state index contributed by atoms with van der Waals surface area (Å²) in [6, 6.07) is 0. The first-order valence-electron chi connectivity index (χ1n) is 4.79. The molecule has 0 aromatic carbocycles. The molecule has 1 N–H and O–H groups in total. The summed E-state index contributed by atoms with van der Waals surface area (Å²) in [5.41, 5.74) is -0.295. The van der Waals surface area contributed by atoms with Gasteiger partial charge in [0.05, 0.1) is 5.60 Å². The number of rotatable bonds is 3. The van der Waals surface area contributed by atoms with Crippen LogP contribution >= 0.6 is 0 Å². The summed E-state index contributed by atoms with van der Waals surface area (Å²) in [6.45, 7) is 4.39. The molecule has 0 bridgehead atoms. The Morgan fingerprint density at radius 3 is 2.64 bits per heavy atom. The summed E-state index contributed by atoms with van der Waals surface area (Å²) in [4.78, 5) is 21.8. The molecule has 0 radical (unpaired) electrons. The van der Waals surface area contributed by atoms with Crippen molar-refractivity contribution in [1.82, 2.24) is 0 Å². The molecular formula is C10H16O4. The van der Waals surface area contributed by atoms with Crippen molar-refractivity contribution in [3.05, 3.63) is 0 Å². The molecule has 14 heavy (non-hydrogen) atoms. The highest BCUT2D eigenvalue weighted by atomic mass is 16.5. The molecule has 0 aliphatic carbocycles. The van der Waals surface area contributed by atoms with E-state index in [2.05, 4.69) is 0 Å². The Morgan fingerprint density at radius 1 is 1.50 bits per heavy atom. The topological polar surface area (TPSA) is 63.6 Å². The molecule has 1 rings (SSSR count). The third-order valence-corrected chi connectivity index (χ3v) is 2.48. The lowest BCUT2D eigenvalue weighted by atomic mass is 9.84. The van der Waals surface area contributed by atoms with Crippen molar-refractivity contribution in [3.63, 3.8) is 0 Å². The van der Waals surface area contributed by atoms with Gasteiger partial charge >= 0.3 is 5.97 Å². The fraction of sp³-hybridized carbons (Fsp3) is 0.800. The summed E-state index contributed by atoms with van der Waals surface area (Å²) in [6.07, 6.45) is 0.912. The summed E-state index contributed by atoms with van der Waals surface area (Å²) < 4.78 is 5.45. The van der Waals surface area contributed by atoms with Gasteiger partial charge in [-0.2, -0.15) is 0 Å². The molecule has 1 aliphatic rings. The van der Waals surface area contributed by atoms with Crippen LogP contribution in [-0.4, -0.2) is 29.1 Å². The number of ketones is 1.